The van der Waals surface area contributed by atoms with Gasteiger partial charge in [-0.25, -0.2) is 9.18 Å². The number of nitrogens with two attached hydrogens (primary N) is 1. The van der Waals surface area contributed by atoms with Crippen LogP contribution in [0.5, 0.6) is 0 Å². The van der Waals surface area contributed by atoms with Gasteiger partial charge in [0.25, 0.3) is 5.56 Å². The Balaban J connectivity index is 2.34. The number of nitrogens with zero attached hydrogens (tertiary/aromatic N) is 1. The van der Waals surface area contributed by atoms with Crippen LogP contribution in [0.25, 0.3) is 21.9 Å². The first kappa shape index (κ1) is 25.0. The summed E-state index contributed by atoms with van der Waals surface area (Å²) in [5, 5.41) is 3.54. The van der Waals surface area contributed by atoms with E-state index in [1.54, 1.807) is 43.5 Å². The molecule has 0 aliphatic heterocycles. The number of benzene rings is 2. The predicted molar refractivity (Wildman–Crippen MR) is 130 cm³/mol. The molecule has 0 saturated carbocycles. The highest BCUT2D eigenvalue weighted by molar-refractivity contribution is 6.03. The zero-order valence-electron chi connectivity index (χ0n) is 20.1. The Bertz CT molecular complexity index is 1310. The van der Waals surface area contributed by atoms with Crippen molar-refractivity contribution in [3.63, 3.8) is 0 Å². The van der Waals surface area contributed by atoms with Crippen molar-refractivity contribution in [2.24, 2.45) is 11.7 Å². The van der Waals surface area contributed by atoms with Gasteiger partial charge in [0.15, 0.2) is 0 Å². The molecular formula is C26H30FN3O4. The topological polar surface area (TPSA) is 103 Å². The molecule has 34 heavy (non-hydrogen) atoms. The molecule has 0 aliphatic rings. The van der Waals surface area contributed by atoms with Crippen LogP contribution in [0.3, 0.4) is 0 Å². The number of ether oxygens (including phenoxy) is 1. The summed E-state index contributed by atoms with van der Waals surface area (Å²) in [5.74, 6) is -0.989. The summed E-state index contributed by atoms with van der Waals surface area (Å²) < 4.78 is 21.2. The molecule has 8 heteroatoms. The predicted octanol–water partition coefficient (Wildman–Crippen LogP) is 4.59. The Hall–Kier alpha value is -3.68. The number of hydrogen-bond donors (Lipinski definition) is 2. The van der Waals surface area contributed by atoms with Gasteiger partial charge in [-0.1, -0.05) is 26.0 Å². The Labute approximate surface area is 197 Å². The van der Waals surface area contributed by atoms with Gasteiger partial charge in [-0.15, -0.1) is 0 Å². The van der Waals surface area contributed by atoms with Gasteiger partial charge in [-0.05, 0) is 68.0 Å². The lowest BCUT2D eigenvalue weighted by Crippen LogP contribution is -2.35. The fourth-order valence-corrected chi connectivity index (χ4v) is 3.83. The summed E-state index contributed by atoms with van der Waals surface area (Å²) in [7, 11) is 0. The highest BCUT2D eigenvalue weighted by Crippen LogP contribution is 2.32. The van der Waals surface area contributed by atoms with Crippen LogP contribution in [-0.2, 0) is 17.8 Å². The quantitative estimate of drug-likeness (QED) is 0.553. The number of fused-ring (bicyclic) bond motifs is 1. The van der Waals surface area contributed by atoms with Crippen molar-refractivity contribution in [3.8, 4) is 11.1 Å². The van der Waals surface area contributed by atoms with Crippen LogP contribution in [0.1, 0.15) is 50.7 Å². The molecule has 0 saturated heterocycles. The first-order valence-corrected chi connectivity index (χ1v) is 11.1. The maximum Gasteiger partial charge on any atom is 0.407 e. The van der Waals surface area contributed by atoms with Crippen LogP contribution in [0.4, 0.5) is 9.18 Å². The Morgan fingerprint density at radius 2 is 1.82 bits per heavy atom. The summed E-state index contributed by atoms with van der Waals surface area (Å²) in [6, 6.07) is 10.6. The standard InChI is InChI=1S/C26H30FN3O4/c1-15(2)14-30-21(13-29-25(33)34-26(3,4)5)22(16-7-6-8-18(27)11-16)20-12-17(23(28)31)9-10-19(20)24(30)32/h6-12,15H,13-14H2,1-5H3,(H2,28,31)(H,29,33). The molecule has 180 valence electrons. The molecule has 0 spiro atoms. The zero-order valence-corrected chi connectivity index (χ0v) is 20.1. The first-order valence-electron chi connectivity index (χ1n) is 11.1. The van der Waals surface area contributed by atoms with E-state index in [1.165, 1.54) is 24.3 Å². The van der Waals surface area contributed by atoms with E-state index in [9.17, 15) is 18.8 Å². The number of nitrogens with one attached hydrogen (secondary N) is 1. The average molecular weight is 468 g/mol. The van der Waals surface area contributed by atoms with Gasteiger partial charge < -0.3 is 20.4 Å². The van der Waals surface area contributed by atoms with E-state index in [1.807, 2.05) is 13.8 Å². The van der Waals surface area contributed by atoms with Crippen LogP contribution < -0.4 is 16.6 Å². The Kier molecular flexibility index (Phi) is 7.09. The summed E-state index contributed by atoms with van der Waals surface area (Å²) >= 11 is 0. The number of halogens is 1. The van der Waals surface area contributed by atoms with E-state index in [2.05, 4.69) is 5.32 Å². The fourth-order valence-electron chi connectivity index (χ4n) is 3.83. The van der Waals surface area contributed by atoms with E-state index in [-0.39, 0.29) is 23.6 Å². The van der Waals surface area contributed by atoms with Crippen molar-refractivity contribution in [2.45, 2.75) is 53.3 Å². The number of carbonyl (C=O) groups is 2. The van der Waals surface area contributed by atoms with Crippen LogP contribution in [0, 0.1) is 11.7 Å². The molecule has 2 aromatic carbocycles. The number of alkyl carbamates (subject to hydrolysis) is 1. The number of aromatic nitrogens is 1. The van der Waals surface area contributed by atoms with Crippen LogP contribution in [-0.4, -0.2) is 22.2 Å². The minimum absolute atomic E-state index is 0.0422. The summed E-state index contributed by atoms with van der Waals surface area (Å²) in [6.07, 6.45) is -0.646. The number of primary amides is 1. The van der Waals surface area contributed by atoms with Crippen molar-refractivity contribution < 1.29 is 18.7 Å². The third-order valence-electron chi connectivity index (χ3n) is 5.12. The van der Waals surface area contributed by atoms with Gasteiger partial charge in [0.05, 0.1) is 6.54 Å². The van der Waals surface area contributed by atoms with Gasteiger partial charge in [0.1, 0.15) is 11.4 Å². The van der Waals surface area contributed by atoms with Gasteiger partial charge in [0.2, 0.25) is 5.91 Å². The van der Waals surface area contributed by atoms with Gasteiger partial charge in [-0.3, -0.25) is 9.59 Å². The lowest BCUT2D eigenvalue weighted by molar-refractivity contribution is 0.0522. The summed E-state index contributed by atoms with van der Waals surface area (Å²) in [4.78, 5) is 37.8. The van der Waals surface area contributed by atoms with Crippen molar-refractivity contribution in [1.29, 1.82) is 0 Å². The molecule has 3 rings (SSSR count). The molecule has 7 nitrogen and oxygen atoms in total. The monoisotopic (exact) mass is 467 g/mol. The lowest BCUT2D eigenvalue weighted by atomic mass is 9.94. The van der Waals surface area contributed by atoms with Crippen molar-refractivity contribution in [2.75, 3.05) is 0 Å². The highest BCUT2D eigenvalue weighted by atomic mass is 19.1. The second-order valence-corrected chi connectivity index (χ2v) is 9.62. The molecule has 2 amide bonds. The van der Waals surface area contributed by atoms with Gasteiger partial charge >= 0.3 is 6.09 Å². The molecule has 1 heterocycles. The third kappa shape index (κ3) is 5.62. The molecule has 0 radical (unpaired) electrons. The summed E-state index contributed by atoms with van der Waals surface area (Å²) in [6.45, 7) is 9.53. The first-order chi connectivity index (χ1) is 15.9. The number of hydrogen-bond acceptors (Lipinski definition) is 4. The SMILES string of the molecule is CC(C)Cn1c(CNC(=O)OC(C)(C)C)c(-c2cccc(F)c2)c2cc(C(N)=O)ccc2c1=O. The van der Waals surface area contributed by atoms with Crippen molar-refractivity contribution >= 4 is 22.8 Å². The smallest absolute Gasteiger partial charge is 0.407 e. The van der Waals surface area contributed by atoms with Crippen molar-refractivity contribution in [3.05, 3.63) is 69.9 Å². The molecular weight excluding hydrogens is 437 g/mol. The average Bonchev–Trinajstić information content (AvgIpc) is 2.72. The largest absolute Gasteiger partial charge is 0.444 e. The molecule has 0 fully saturated rings. The summed E-state index contributed by atoms with van der Waals surface area (Å²) in [5.41, 5.74) is 6.25. The van der Waals surface area contributed by atoms with Crippen molar-refractivity contribution in [1.82, 2.24) is 9.88 Å². The molecule has 1 aromatic heterocycles. The van der Waals surface area contributed by atoms with Crippen LogP contribution in [0.2, 0.25) is 0 Å². The number of amides is 2. The normalized spacial score (nSPS) is 11.6. The van der Waals surface area contributed by atoms with Gasteiger partial charge in [-0.2, -0.15) is 0 Å². The number of carbonyl (C=O) groups excluding carboxylic acids is 2. The number of pyridine rings is 1. The fraction of sp³-hybridized carbons (Fsp3) is 0.346. The second-order valence-electron chi connectivity index (χ2n) is 9.62. The maximum atomic E-state index is 14.2. The molecule has 0 bridgehead atoms. The second kappa shape index (κ2) is 9.67. The van der Waals surface area contributed by atoms with E-state index >= 15 is 0 Å². The maximum absolute atomic E-state index is 14.2. The molecule has 3 N–H and O–H groups in total. The molecule has 0 atom stereocenters. The lowest BCUT2D eigenvalue weighted by Gasteiger charge is -2.23. The Morgan fingerprint density at radius 1 is 1.12 bits per heavy atom. The van der Waals surface area contributed by atoms with Gasteiger partial charge in [0, 0.05) is 28.8 Å². The molecule has 3 aromatic rings. The number of rotatable bonds is 6. The Morgan fingerprint density at radius 3 is 2.41 bits per heavy atom. The van der Waals surface area contributed by atoms with E-state index in [4.69, 9.17) is 10.5 Å². The molecule has 0 unspecified atom stereocenters. The van der Waals surface area contributed by atoms with Crippen LogP contribution in [0.15, 0.2) is 47.3 Å². The van der Waals surface area contributed by atoms with E-state index in [0.717, 1.165) is 0 Å². The minimum atomic E-state index is -0.702. The highest BCUT2D eigenvalue weighted by Gasteiger charge is 2.22. The minimum Gasteiger partial charge on any atom is -0.444 e. The van der Waals surface area contributed by atoms with E-state index in [0.29, 0.717) is 34.1 Å². The van der Waals surface area contributed by atoms with E-state index < -0.39 is 23.4 Å². The zero-order chi connectivity index (χ0) is 25.2. The third-order valence-corrected chi connectivity index (χ3v) is 5.12. The van der Waals surface area contributed by atoms with Crippen LogP contribution >= 0.6 is 0 Å². The molecule has 0 aliphatic carbocycles.